The van der Waals surface area contributed by atoms with Gasteiger partial charge in [0, 0.05) is 23.9 Å². The number of aromatic nitrogens is 4. The van der Waals surface area contributed by atoms with Crippen LogP contribution in [-0.4, -0.2) is 26.7 Å². The first-order valence-corrected chi connectivity index (χ1v) is 7.80. The first kappa shape index (κ1) is 14.7. The molecule has 0 radical (unpaired) electrons. The average molecular weight is 295 g/mol. The van der Waals surface area contributed by atoms with Gasteiger partial charge in [-0.3, -0.25) is 10.1 Å². The molecule has 0 aliphatic carbocycles. The number of benzene rings is 1. The van der Waals surface area contributed by atoms with Gasteiger partial charge in [-0.15, -0.1) is 0 Å². The van der Waals surface area contributed by atoms with E-state index in [-0.39, 0.29) is 0 Å². The van der Waals surface area contributed by atoms with Crippen molar-refractivity contribution < 1.29 is 0 Å². The van der Waals surface area contributed by atoms with Crippen LogP contribution in [-0.2, 0) is 12.8 Å². The lowest BCUT2D eigenvalue weighted by Crippen LogP contribution is -1.98. The maximum atomic E-state index is 5.49. The second-order valence-corrected chi connectivity index (χ2v) is 5.47. The Morgan fingerprint density at radius 1 is 0.955 bits per heavy atom. The van der Waals surface area contributed by atoms with Gasteiger partial charge in [0.1, 0.15) is 5.82 Å². The zero-order valence-electron chi connectivity index (χ0n) is 12.6. The van der Waals surface area contributed by atoms with Gasteiger partial charge in [0.2, 0.25) is 0 Å². The minimum absolute atomic E-state index is 0.681. The second-order valence-electron chi connectivity index (χ2n) is 5.47. The molecule has 5 nitrogen and oxygen atoms in total. The van der Waals surface area contributed by atoms with E-state index < -0.39 is 0 Å². The van der Waals surface area contributed by atoms with Crippen molar-refractivity contribution in [3.8, 4) is 0 Å². The molecule has 114 valence electrons. The summed E-state index contributed by atoms with van der Waals surface area (Å²) in [5, 5.41) is 8.45. The van der Waals surface area contributed by atoms with Crippen molar-refractivity contribution in [1.82, 2.24) is 20.2 Å². The molecule has 0 aliphatic rings. The number of hydrogen-bond donors (Lipinski definition) is 2. The van der Waals surface area contributed by atoms with Gasteiger partial charge < -0.3 is 5.73 Å². The Balaban J connectivity index is 1.63. The quantitative estimate of drug-likeness (QED) is 0.657. The van der Waals surface area contributed by atoms with E-state index in [1.807, 2.05) is 24.3 Å². The minimum Gasteiger partial charge on any atom is -0.330 e. The van der Waals surface area contributed by atoms with E-state index >= 15 is 0 Å². The van der Waals surface area contributed by atoms with Crippen LogP contribution in [0.3, 0.4) is 0 Å². The van der Waals surface area contributed by atoms with Gasteiger partial charge in [0.25, 0.3) is 0 Å². The molecule has 0 atom stereocenters. The number of nitrogens with one attached hydrogen (secondary N) is 1. The molecule has 3 rings (SSSR count). The molecule has 0 fully saturated rings. The van der Waals surface area contributed by atoms with E-state index in [0.717, 1.165) is 60.5 Å². The average Bonchev–Trinajstić information content (AvgIpc) is 2.99. The summed E-state index contributed by atoms with van der Waals surface area (Å²) < 4.78 is 0. The lowest BCUT2D eigenvalue weighted by Gasteiger charge is -2.00. The molecule has 1 aromatic carbocycles. The highest BCUT2D eigenvalue weighted by Gasteiger charge is 2.06. The van der Waals surface area contributed by atoms with Crippen LogP contribution in [0.25, 0.3) is 10.9 Å². The van der Waals surface area contributed by atoms with Crippen molar-refractivity contribution in [3.63, 3.8) is 0 Å². The number of aryl methyl sites for hydroxylation is 1. The highest BCUT2D eigenvalue weighted by atomic mass is 15.2. The second kappa shape index (κ2) is 7.13. The van der Waals surface area contributed by atoms with Crippen LogP contribution in [0.2, 0.25) is 0 Å². The first-order chi connectivity index (χ1) is 10.8. The van der Waals surface area contributed by atoms with Crippen LogP contribution in [0.4, 0.5) is 0 Å². The number of hydrogen-bond acceptors (Lipinski definition) is 4. The van der Waals surface area contributed by atoms with E-state index in [1.165, 1.54) is 0 Å². The molecule has 0 saturated carbocycles. The number of para-hydroxylation sites is 1. The van der Waals surface area contributed by atoms with Gasteiger partial charge in [0.15, 0.2) is 5.82 Å². The molecule has 0 unspecified atom stereocenters. The van der Waals surface area contributed by atoms with Crippen LogP contribution in [0.5, 0.6) is 0 Å². The molecule has 2 heterocycles. The Labute approximate surface area is 130 Å². The largest absolute Gasteiger partial charge is 0.330 e. The molecule has 2 aromatic heterocycles. The van der Waals surface area contributed by atoms with E-state index in [0.29, 0.717) is 6.42 Å². The molecule has 0 saturated heterocycles. The van der Waals surface area contributed by atoms with Crippen molar-refractivity contribution in [2.75, 3.05) is 6.54 Å². The molecule has 0 amide bonds. The predicted octanol–water partition coefficient (Wildman–Crippen LogP) is 2.62. The summed E-state index contributed by atoms with van der Waals surface area (Å²) in [6.07, 6.45) is 4.87. The molecule has 3 N–H and O–H groups in total. The predicted molar refractivity (Wildman–Crippen MR) is 87.5 cm³/mol. The molecule has 0 bridgehead atoms. The van der Waals surface area contributed by atoms with Gasteiger partial charge in [0.05, 0.1) is 5.52 Å². The minimum atomic E-state index is 0.681. The molecule has 22 heavy (non-hydrogen) atoms. The number of aromatic amines is 1. The fourth-order valence-electron chi connectivity index (χ4n) is 2.51. The topological polar surface area (TPSA) is 80.5 Å². The van der Waals surface area contributed by atoms with Crippen LogP contribution < -0.4 is 5.73 Å². The molecule has 0 aliphatic heterocycles. The summed E-state index contributed by atoms with van der Waals surface area (Å²) in [4.78, 5) is 9.21. The standard InChI is InChI=1S/C17H21N5/c18-11-5-1-2-8-16-20-17(22-21-16)12-14-10-9-13-6-3-4-7-15(13)19-14/h3-4,6-7,9-10H,1-2,5,8,11-12,18H2,(H,20,21,22). The van der Waals surface area contributed by atoms with E-state index in [1.54, 1.807) is 0 Å². The SMILES string of the molecule is NCCCCCc1n[nH]c(Cc2ccc3ccccc3n2)n1. The number of unbranched alkanes of at least 4 members (excludes halogenated alkanes) is 2. The summed E-state index contributed by atoms with van der Waals surface area (Å²) in [7, 11) is 0. The fraction of sp³-hybridized carbons (Fsp3) is 0.353. The Bertz CT molecular complexity index is 735. The number of H-pyrrole nitrogens is 1. The Morgan fingerprint density at radius 3 is 2.77 bits per heavy atom. The van der Waals surface area contributed by atoms with Crippen molar-refractivity contribution in [2.24, 2.45) is 5.73 Å². The summed E-state index contributed by atoms with van der Waals surface area (Å²) >= 11 is 0. The van der Waals surface area contributed by atoms with Crippen molar-refractivity contribution in [1.29, 1.82) is 0 Å². The lowest BCUT2D eigenvalue weighted by atomic mass is 10.2. The third-order valence-electron chi connectivity index (χ3n) is 3.69. The van der Waals surface area contributed by atoms with Crippen molar-refractivity contribution in [2.45, 2.75) is 32.1 Å². The number of pyridine rings is 1. The van der Waals surface area contributed by atoms with E-state index in [4.69, 9.17) is 5.73 Å². The molecular weight excluding hydrogens is 274 g/mol. The zero-order valence-corrected chi connectivity index (χ0v) is 12.6. The molecule has 0 spiro atoms. The summed E-state index contributed by atoms with van der Waals surface area (Å²) in [6.45, 7) is 0.757. The van der Waals surface area contributed by atoms with Gasteiger partial charge in [-0.1, -0.05) is 30.7 Å². The molecule has 3 aromatic rings. The summed E-state index contributed by atoms with van der Waals surface area (Å²) in [5.41, 5.74) is 7.51. The Morgan fingerprint density at radius 2 is 1.86 bits per heavy atom. The third-order valence-corrected chi connectivity index (χ3v) is 3.69. The molecule has 5 heteroatoms. The highest BCUT2D eigenvalue weighted by Crippen LogP contribution is 2.13. The molecular formula is C17H21N5. The highest BCUT2D eigenvalue weighted by molar-refractivity contribution is 5.78. The Hall–Kier alpha value is -2.27. The van der Waals surface area contributed by atoms with Crippen LogP contribution in [0.1, 0.15) is 36.6 Å². The van der Waals surface area contributed by atoms with Crippen LogP contribution in [0, 0.1) is 0 Å². The van der Waals surface area contributed by atoms with Gasteiger partial charge in [-0.05, 0) is 31.5 Å². The van der Waals surface area contributed by atoms with Crippen molar-refractivity contribution >= 4 is 10.9 Å². The zero-order chi connectivity index (χ0) is 15.2. The number of fused-ring (bicyclic) bond motifs is 1. The smallest absolute Gasteiger partial charge is 0.150 e. The third kappa shape index (κ3) is 3.68. The van der Waals surface area contributed by atoms with Gasteiger partial charge >= 0.3 is 0 Å². The van der Waals surface area contributed by atoms with Crippen molar-refractivity contribution in [3.05, 3.63) is 53.7 Å². The first-order valence-electron chi connectivity index (χ1n) is 7.80. The van der Waals surface area contributed by atoms with E-state index in [9.17, 15) is 0 Å². The Kier molecular flexibility index (Phi) is 4.75. The number of rotatable bonds is 7. The van der Waals surface area contributed by atoms with E-state index in [2.05, 4.69) is 32.3 Å². The van der Waals surface area contributed by atoms with Gasteiger partial charge in [-0.25, -0.2) is 4.98 Å². The number of nitrogens with two attached hydrogens (primary N) is 1. The fourth-order valence-corrected chi connectivity index (χ4v) is 2.51. The normalized spacial score (nSPS) is 11.1. The maximum Gasteiger partial charge on any atom is 0.150 e. The summed E-state index contributed by atoms with van der Waals surface area (Å²) in [5.74, 6) is 1.75. The van der Waals surface area contributed by atoms with Crippen LogP contribution in [0.15, 0.2) is 36.4 Å². The van der Waals surface area contributed by atoms with Crippen LogP contribution >= 0.6 is 0 Å². The summed E-state index contributed by atoms with van der Waals surface area (Å²) in [6, 6.07) is 12.3. The lowest BCUT2D eigenvalue weighted by molar-refractivity contribution is 0.670. The van der Waals surface area contributed by atoms with Gasteiger partial charge in [-0.2, -0.15) is 5.10 Å². The number of nitrogens with zero attached hydrogens (tertiary/aromatic N) is 3. The monoisotopic (exact) mass is 295 g/mol. The maximum absolute atomic E-state index is 5.49.